The molecule has 0 unspecified atom stereocenters. The van der Waals surface area contributed by atoms with Gasteiger partial charge in [0.15, 0.2) is 6.61 Å². The van der Waals surface area contributed by atoms with Gasteiger partial charge in [0.05, 0.1) is 16.1 Å². The van der Waals surface area contributed by atoms with Crippen LogP contribution in [0.2, 0.25) is 5.02 Å². The molecule has 0 aliphatic carbocycles. The summed E-state index contributed by atoms with van der Waals surface area (Å²) in [6, 6.07) is 10.0. The van der Waals surface area contributed by atoms with Gasteiger partial charge in [-0.15, -0.1) is 0 Å². The molecule has 0 aliphatic heterocycles. The van der Waals surface area contributed by atoms with Crippen LogP contribution < -0.4 is 20.3 Å². The first-order valence-electron chi connectivity index (χ1n) is 9.50. The van der Waals surface area contributed by atoms with Crippen LogP contribution in [-0.2, 0) is 4.79 Å². The Morgan fingerprint density at radius 3 is 2.43 bits per heavy atom. The van der Waals surface area contributed by atoms with Gasteiger partial charge in [0.25, 0.3) is 11.8 Å². The third-order valence-electron chi connectivity index (χ3n) is 4.02. The molecule has 0 aromatic heterocycles. The van der Waals surface area contributed by atoms with Gasteiger partial charge in [-0.05, 0) is 58.7 Å². The number of amides is 2. The number of benzene rings is 2. The second kappa shape index (κ2) is 12.8. The highest BCUT2D eigenvalue weighted by molar-refractivity contribution is 9.10. The summed E-state index contributed by atoms with van der Waals surface area (Å²) in [6.45, 7) is 2.49. The van der Waals surface area contributed by atoms with E-state index in [9.17, 15) is 9.59 Å². The number of ether oxygens (including phenoxy) is 2. The van der Waals surface area contributed by atoms with Crippen LogP contribution in [0.15, 0.2) is 45.3 Å². The van der Waals surface area contributed by atoms with Crippen molar-refractivity contribution in [3.05, 3.63) is 55.9 Å². The van der Waals surface area contributed by atoms with Crippen molar-refractivity contribution in [2.24, 2.45) is 0 Å². The smallest absolute Gasteiger partial charge is 0.276 e. The first-order valence-corrected chi connectivity index (χ1v) is 11.5. The van der Waals surface area contributed by atoms with Crippen LogP contribution in [0.25, 0.3) is 0 Å². The maximum atomic E-state index is 12.3. The molecule has 0 fully saturated rings. The van der Waals surface area contributed by atoms with Crippen LogP contribution in [0.1, 0.15) is 43.0 Å². The summed E-state index contributed by atoms with van der Waals surface area (Å²) >= 11 is 12.7. The second-order valence-corrected chi connectivity index (χ2v) is 8.60. The van der Waals surface area contributed by atoms with Crippen molar-refractivity contribution in [2.45, 2.75) is 32.6 Å². The normalized spacial score (nSPS) is 10.4. The number of rotatable bonds is 10. The third-order valence-corrected chi connectivity index (χ3v) is 5.43. The Morgan fingerprint density at radius 2 is 1.73 bits per heavy atom. The van der Waals surface area contributed by atoms with Crippen LogP contribution in [0.3, 0.4) is 0 Å². The van der Waals surface area contributed by atoms with Gasteiger partial charge in [-0.25, -0.2) is 0 Å². The second-order valence-electron chi connectivity index (χ2n) is 6.42. The van der Waals surface area contributed by atoms with Crippen LogP contribution >= 0.6 is 43.5 Å². The van der Waals surface area contributed by atoms with E-state index in [0.717, 1.165) is 17.3 Å². The molecule has 2 rings (SSSR count). The highest BCUT2D eigenvalue weighted by Gasteiger charge is 2.11. The molecule has 2 aromatic carbocycles. The molecule has 2 N–H and O–H groups in total. The molecular weight excluding hydrogens is 540 g/mol. The number of hydrogen-bond donors (Lipinski definition) is 2. The number of hydrazine groups is 1. The molecule has 0 saturated carbocycles. The Hall–Kier alpha value is -1.77. The quantitative estimate of drug-likeness (QED) is 0.289. The molecule has 0 spiro atoms. The van der Waals surface area contributed by atoms with E-state index in [1.54, 1.807) is 36.4 Å². The summed E-state index contributed by atoms with van der Waals surface area (Å²) in [6.07, 6.45) is 4.48. The fourth-order valence-electron chi connectivity index (χ4n) is 2.44. The average molecular weight is 563 g/mol. The van der Waals surface area contributed by atoms with E-state index in [0.29, 0.717) is 33.2 Å². The maximum absolute atomic E-state index is 12.3. The average Bonchev–Trinajstić information content (AvgIpc) is 2.72. The lowest BCUT2D eigenvalue weighted by molar-refractivity contribution is -0.123. The Bertz CT molecular complexity index is 880. The highest BCUT2D eigenvalue weighted by atomic mass is 79.9. The fraction of sp³-hybridized carbons (Fsp3) is 0.333. The minimum atomic E-state index is -0.520. The molecule has 30 heavy (non-hydrogen) atoms. The number of carbonyl (C=O) groups excluding carboxylic acids is 2. The van der Waals surface area contributed by atoms with E-state index < -0.39 is 11.8 Å². The fourth-order valence-corrected chi connectivity index (χ4v) is 3.66. The van der Waals surface area contributed by atoms with Crippen LogP contribution in [0.5, 0.6) is 11.5 Å². The van der Waals surface area contributed by atoms with E-state index in [1.165, 1.54) is 12.8 Å². The van der Waals surface area contributed by atoms with Gasteiger partial charge < -0.3 is 9.47 Å². The largest absolute Gasteiger partial charge is 0.492 e. The number of unbranched alkanes of at least 4 members (excludes halogenated alkanes) is 3. The van der Waals surface area contributed by atoms with Crippen LogP contribution in [0, 0.1) is 0 Å². The zero-order valence-corrected chi connectivity index (χ0v) is 20.4. The predicted molar refractivity (Wildman–Crippen MR) is 124 cm³/mol. The zero-order chi connectivity index (χ0) is 21.9. The minimum Gasteiger partial charge on any atom is -0.492 e. The van der Waals surface area contributed by atoms with Gasteiger partial charge in [0.1, 0.15) is 11.5 Å². The number of nitrogens with one attached hydrogen (secondary N) is 2. The van der Waals surface area contributed by atoms with Crippen molar-refractivity contribution in [3.8, 4) is 11.5 Å². The summed E-state index contributed by atoms with van der Waals surface area (Å²) in [5, 5.41) is 0.374. The lowest BCUT2D eigenvalue weighted by Gasteiger charge is -2.11. The summed E-state index contributed by atoms with van der Waals surface area (Å²) in [7, 11) is 0. The molecule has 0 heterocycles. The summed E-state index contributed by atoms with van der Waals surface area (Å²) in [5.74, 6) is 0.0658. The van der Waals surface area contributed by atoms with Gasteiger partial charge >= 0.3 is 0 Å². The Labute approximate surface area is 197 Å². The van der Waals surface area contributed by atoms with E-state index in [1.807, 2.05) is 0 Å². The van der Waals surface area contributed by atoms with Crippen molar-refractivity contribution in [3.63, 3.8) is 0 Å². The molecule has 0 atom stereocenters. The van der Waals surface area contributed by atoms with E-state index in [4.69, 9.17) is 21.1 Å². The standard InChI is InChI=1S/C21H23Br2ClN2O4/c1-2-3-4-5-10-29-18-8-6-14(11-16(18)23)21(28)26-25-20(27)13-30-19-9-7-15(22)12-17(19)24/h6-9,11-12H,2-5,10,13H2,1H3,(H,25,27)(H,26,28). The number of halogens is 3. The van der Waals surface area contributed by atoms with Gasteiger partial charge in [-0.3, -0.25) is 20.4 Å². The number of hydrogen-bond acceptors (Lipinski definition) is 4. The maximum Gasteiger partial charge on any atom is 0.276 e. The monoisotopic (exact) mass is 560 g/mol. The predicted octanol–water partition coefficient (Wildman–Crippen LogP) is 5.66. The molecule has 2 amide bonds. The molecule has 2 aromatic rings. The van der Waals surface area contributed by atoms with Crippen LogP contribution in [-0.4, -0.2) is 25.0 Å². The third kappa shape index (κ3) is 8.16. The van der Waals surface area contributed by atoms with Crippen molar-refractivity contribution in [2.75, 3.05) is 13.2 Å². The van der Waals surface area contributed by atoms with Crippen molar-refractivity contribution in [1.29, 1.82) is 0 Å². The van der Waals surface area contributed by atoms with Gasteiger partial charge in [-0.1, -0.05) is 53.7 Å². The summed E-state index contributed by atoms with van der Waals surface area (Å²) < 4.78 is 12.5. The van der Waals surface area contributed by atoms with E-state index in [2.05, 4.69) is 49.6 Å². The molecule has 162 valence electrons. The van der Waals surface area contributed by atoms with Crippen molar-refractivity contribution >= 4 is 55.3 Å². The van der Waals surface area contributed by atoms with E-state index >= 15 is 0 Å². The van der Waals surface area contributed by atoms with Crippen LogP contribution in [0.4, 0.5) is 0 Å². The molecule has 0 aliphatic rings. The molecule has 0 saturated heterocycles. The summed E-state index contributed by atoms with van der Waals surface area (Å²) in [5.41, 5.74) is 5.03. The zero-order valence-electron chi connectivity index (χ0n) is 16.5. The summed E-state index contributed by atoms with van der Waals surface area (Å²) in [4.78, 5) is 24.2. The Balaban J connectivity index is 1.78. The van der Waals surface area contributed by atoms with Gasteiger partial charge in [0, 0.05) is 10.0 Å². The molecule has 6 nitrogen and oxygen atoms in total. The lowest BCUT2D eigenvalue weighted by atomic mass is 10.2. The first-order chi connectivity index (χ1) is 14.4. The SMILES string of the molecule is CCCCCCOc1ccc(C(=O)NNC(=O)COc2ccc(Br)cc2Cl)cc1Br. The highest BCUT2D eigenvalue weighted by Crippen LogP contribution is 2.28. The molecule has 0 bridgehead atoms. The topological polar surface area (TPSA) is 76.7 Å². The molecule has 9 heteroatoms. The van der Waals surface area contributed by atoms with Crippen molar-refractivity contribution < 1.29 is 19.1 Å². The van der Waals surface area contributed by atoms with Gasteiger partial charge in [0.2, 0.25) is 0 Å². The molecular formula is C21H23Br2ClN2O4. The Kier molecular flexibility index (Phi) is 10.5. The van der Waals surface area contributed by atoms with Gasteiger partial charge in [-0.2, -0.15) is 0 Å². The van der Waals surface area contributed by atoms with E-state index in [-0.39, 0.29) is 6.61 Å². The number of carbonyl (C=O) groups is 2. The Morgan fingerprint density at radius 1 is 0.967 bits per heavy atom. The first kappa shape index (κ1) is 24.5. The van der Waals surface area contributed by atoms with Crippen molar-refractivity contribution in [1.82, 2.24) is 10.9 Å². The lowest BCUT2D eigenvalue weighted by Crippen LogP contribution is -2.43. The minimum absolute atomic E-state index is 0.296. The molecule has 0 radical (unpaired) electrons.